The standard InChI is InChI=1S/C15H30N2/c1-11(2)15(7-8-15)10-17-9-6-14(16-5)12(3)13(17)4/h11-14,16H,6-10H2,1-5H3. The highest BCUT2D eigenvalue weighted by Gasteiger charge is 2.47. The number of nitrogens with zero attached hydrogens (tertiary/aromatic N) is 1. The third kappa shape index (κ3) is 2.53. The molecule has 3 unspecified atom stereocenters. The lowest BCUT2D eigenvalue weighted by Crippen LogP contribution is -2.54. The summed E-state index contributed by atoms with van der Waals surface area (Å²) in [5, 5.41) is 3.48. The molecule has 1 heterocycles. The zero-order valence-corrected chi connectivity index (χ0v) is 12.3. The first-order valence-electron chi connectivity index (χ1n) is 7.41. The molecule has 1 aliphatic carbocycles. The van der Waals surface area contributed by atoms with Crippen LogP contribution < -0.4 is 5.32 Å². The molecule has 1 N–H and O–H groups in total. The molecular weight excluding hydrogens is 208 g/mol. The molecule has 3 atom stereocenters. The number of likely N-dealkylation sites (tertiary alicyclic amines) is 1. The first kappa shape index (κ1) is 13.4. The summed E-state index contributed by atoms with van der Waals surface area (Å²) in [5.74, 6) is 1.63. The number of hydrogen-bond donors (Lipinski definition) is 1. The van der Waals surface area contributed by atoms with E-state index in [0.717, 1.165) is 23.9 Å². The minimum absolute atomic E-state index is 0.667. The first-order chi connectivity index (χ1) is 8.00. The van der Waals surface area contributed by atoms with E-state index in [-0.39, 0.29) is 0 Å². The van der Waals surface area contributed by atoms with Crippen molar-refractivity contribution < 1.29 is 0 Å². The average molecular weight is 238 g/mol. The summed E-state index contributed by atoms with van der Waals surface area (Å²) < 4.78 is 0. The van der Waals surface area contributed by atoms with E-state index in [0.29, 0.717) is 5.41 Å². The van der Waals surface area contributed by atoms with Gasteiger partial charge in [-0.15, -0.1) is 0 Å². The van der Waals surface area contributed by atoms with Gasteiger partial charge >= 0.3 is 0 Å². The Morgan fingerprint density at radius 3 is 2.41 bits per heavy atom. The third-order valence-corrected chi connectivity index (χ3v) is 5.70. The fraction of sp³-hybridized carbons (Fsp3) is 1.00. The number of nitrogens with one attached hydrogen (secondary N) is 1. The largest absolute Gasteiger partial charge is 0.317 e. The van der Waals surface area contributed by atoms with E-state index in [1.165, 1.54) is 32.4 Å². The minimum Gasteiger partial charge on any atom is -0.317 e. The molecule has 1 saturated carbocycles. The van der Waals surface area contributed by atoms with Crippen LogP contribution in [0.25, 0.3) is 0 Å². The molecule has 100 valence electrons. The number of piperidine rings is 1. The molecule has 0 radical (unpaired) electrons. The van der Waals surface area contributed by atoms with E-state index in [4.69, 9.17) is 0 Å². The maximum atomic E-state index is 3.48. The highest BCUT2D eigenvalue weighted by molar-refractivity contribution is 5.00. The van der Waals surface area contributed by atoms with E-state index in [1.807, 2.05) is 0 Å². The first-order valence-corrected chi connectivity index (χ1v) is 7.41. The zero-order chi connectivity index (χ0) is 12.6. The Hall–Kier alpha value is -0.0800. The van der Waals surface area contributed by atoms with Gasteiger partial charge in [-0.2, -0.15) is 0 Å². The molecule has 0 aromatic heterocycles. The molecule has 0 aromatic carbocycles. The van der Waals surface area contributed by atoms with E-state index in [1.54, 1.807) is 0 Å². The second-order valence-electron chi connectivity index (χ2n) is 6.77. The van der Waals surface area contributed by atoms with Crippen molar-refractivity contribution in [1.82, 2.24) is 10.2 Å². The molecule has 0 aromatic rings. The van der Waals surface area contributed by atoms with Gasteiger partial charge in [0.25, 0.3) is 0 Å². The Bertz CT molecular complexity index is 258. The Kier molecular flexibility index (Phi) is 3.84. The fourth-order valence-corrected chi connectivity index (χ4v) is 3.55. The van der Waals surface area contributed by atoms with Crippen molar-refractivity contribution in [3.8, 4) is 0 Å². The van der Waals surface area contributed by atoms with E-state index >= 15 is 0 Å². The van der Waals surface area contributed by atoms with Gasteiger partial charge in [0.1, 0.15) is 0 Å². The average Bonchev–Trinajstić information content (AvgIpc) is 3.06. The number of hydrogen-bond acceptors (Lipinski definition) is 2. The minimum atomic E-state index is 0.667. The van der Waals surface area contributed by atoms with Crippen LogP contribution in [0, 0.1) is 17.3 Å². The monoisotopic (exact) mass is 238 g/mol. The summed E-state index contributed by atoms with van der Waals surface area (Å²) in [7, 11) is 2.11. The van der Waals surface area contributed by atoms with Crippen LogP contribution >= 0.6 is 0 Å². The summed E-state index contributed by atoms with van der Waals surface area (Å²) >= 11 is 0. The van der Waals surface area contributed by atoms with Crippen LogP contribution in [0.5, 0.6) is 0 Å². The van der Waals surface area contributed by atoms with Crippen LogP contribution in [0.3, 0.4) is 0 Å². The van der Waals surface area contributed by atoms with Crippen molar-refractivity contribution in [3.05, 3.63) is 0 Å². The maximum Gasteiger partial charge on any atom is 0.0117 e. The molecule has 2 nitrogen and oxygen atoms in total. The number of rotatable bonds is 4. The van der Waals surface area contributed by atoms with Gasteiger partial charge in [0.2, 0.25) is 0 Å². The molecule has 1 aliphatic heterocycles. The summed E-state index contributed by atoms with van der Waals surface area (Å²) in [6.45, 7) is 12.3. The lowest BCUT2D eigenvalue weighted by molar-refractivity contribution is 0.0588. The smallest absolute Gasteiger partial charge is 0.0117 e. The molecular formula is C15H30N2. The zero-order valence-electron chi connectivity index (χ0n) is 12.3. The summed E-state index contributed by atoms with van der Waals surface area (Å²) in [6.07, 6.45) is 4.23. The van der Waals surface area contributed by atoms with E-state index < -0.39 is 0 Å². The predicted octanol–water partition coefficient (Wildman–Crippen LogP) is 2.74. The van der Waals surface area contributed by atoms with Crippen LogP contribution in [0.4, 0.5) is 0 Å². The Labute approximate surface area is 107 Å². The normalized spacial score (nSPS) is 37.4. The molecule has 1 saturated heterocycles. The Morgan fingerprint density at radius 1 is 1.29 bits per heavy atom. The third-order valence-electron chi connectivity index (χ3n) is 5.70. The van der Waals surface area contributed by atoms with Gasteiger partial charge in [-0.1, -0.05) is 20.8 Å². The lowest BCUT2D eigenvalue weighted by Gasteiger charge is -2.44. The maximum absolute atomic E-state index is 3.48. The van der Waals surface area contributed by atoms with Gasteiger partial charge < -0.3 is 5.32 Å². The predicted molar refractivity (Wildman–Crippen MR) is 74.2 cm³/mol. The summed E-state index contributed by atoms with van der Waals surface area (Å²) in [4.78, 5) is 2.76. The van der Waals surface area contributed by atoms with Crippen LogP contribution in [0.1, 0.15) is 47.0 Å². The topological polar surface area (TPSA) is 15.3 Å². The van der Waals surface area contributed by atoms with Gasteiger partial charge in [0.15, 0.2) is 0 Å². The fourth-order valence-electron chi connectivity index (χ4n) is 3.55. The molecule has 2 rings (SSSR count). The Morgan fingerprint density at radius 2 is 1.94 bits per heavy atom. The summed E-state index contributed by atoms with van der Waals surface area (Å²) in [5.41, 5.74) is 0.667. The van der Waals surface area contributed by atoms with Crippen LogP contribution in [0.15, 0.2) is 0 Å². The Balaban J connectivity index is 1.95. The SMILES string of the molecule is CNC1CCN(CC2(C(C)C)CC2)C(C)C1C. The van der Waals surface area contributed by atoms with Crippen LogP contribution in [-0.2, 0) is 0 Å². The van der Waals surface area contributed by atoms with Crippen molar-refractivity contribution >= 4 is 0 Å². The van der Waals surface area contributed by atoms with Crippen LogP contribution in [0.2, 0.25) is 0 Å². The van der Waals surface area contributed by atoms with E-state index in [2.05, 4.69) is 45.0 Å². The lowest BCUT2D eigenvalue weighted by atomic mass is 9.84. The quantitative estimate of drug-likeness (QED) is 0.810. The van der Waals surface area contributed by atoms with Crippen molar-refractivity contribution in [1.29, 1.82) is 0 Å². The highest BCUT2D eigenvalue weighted by atomic mass is 15.2. The molecule has 2 heteroatoms. The highest BCUT2D eigenvalue weighted by Crippen LogP contribution is 2.52. The van der Waals surface area contributed by atoms with Crippen molar-refractivity contribution in [2.24, 2.45) is 17.3 Å². The second-order valence-corrected chi connectivity index (χ2v) is 6.77. The van der Waals surface area contributed by atoms with Gasteiger partial charge in [0, 0.05) is 18.6 Å². The second kappa shape index (κ2) is 4.89. The van der Waals surface area contributed by atoms with Crippen molar-refractivity contribution in [2.75, 3.05) is 20.1 Å². The van der Waals surface area contributed by atoms with Gasteiger partial charge in [-0.25, -0.2) is 0 Å². The van der Waals surface area contributed by atoms with Crippen LogP contribution in [-0.4, -0.2) is 37.1 Å². The van der Waals surface area contributed by atoms with Gasteiger partial charge in [-0.3, -0.25) is 4.90 Å². The van der Waals surface area contributed by atoms with E-state index in [9.17, 15) is 0 Å². The molecule has 2 aliphatic rings. The van der Waals surface area contributed by atoms with Crippen molar-refractivity contribution in [3.63, 3.8) is 0 Å². The molecule has 0 bridgehead atoms. The molecule has 2 fully saturated rings. The molecule has 0 spiro atoms. The molecule has 17 heavy (non-hydrogen) atoms. The summed E-state index contributed by atoms with van der Waals surface area (Å²) in [6, 6.07) is 1.45. The molecule has 0 amide bonds. The van der Waals surface area contributed by atoms with Gasteiger partial charge in [0.05, 0.1) is 0 Å². The van der Waals surface area contributed by atoms with Gasteiger partial charge in [-0.05, 0) is 57.0 Å². The van der Waals surface area contributed by atoms with Crippen molar-refractivity contribution in [2.45, 2.75) is 59.0 Å².